The highest BCUT2D eigenvalue weighted by Crippen LogP contribution is 2.34. The smallest absolute Gasteiger partial charge is 0.251 e. The monoisotopic (exact) mass is 441 g/mol. The third-order valence-corrected chi connectivity index (χ3v) is 6.33. The topological polar surface area (TPSA) is 80.3 Å². The SMILES string of the molecule is Cc1cc(C)cc(C(=O)NC2CCc3ccc(Oc4ccnc5c4CCC(=O)N5)cc3C2)c1. The van der Waals surface area contributed by atoms with E-state index in [4.69, 9.17) is 4.74 Å². The number of aromatic nitrogens is 1. The Morgan fingerprint density at radius 1 is 1.03 bits per heavy atom. The lowest BCUT2D eigenvalue weighted by Gasteiger charge is -2.26. The molecule has 5 rings (SSSR count). The number of hydrogen-bond donors (Lipinski definition) is 2. The van der Waals surface area contributed by atoms with Gasteiger partial charge in [0.05, 0.1) is 0 Å². The molecule has 0 saturated carbocycles. The minimum Gasteiger partial charge on any atom is -0.457 e. The summed E-state index contributed by atoms with van der Waals surface area (Å²) in [6, 6.07) is 14.0. The largest absolute Gasteiger partial charge is 0.457 e. The summed E-state index contributed by atoms with van der Waals surface area (Å²) in [5.41, 5.74) is 6.31. The van der Waals surface area contributed by atoms with Crippen LogP contribution in [0.25, 0.3) is 0 Å². The molecule has 0 fully saturated rings. The Kier molecular flexibility index (Phi) is 5.58. The van der Waals surface area contributed by atoms with Gasteiger partial charge in [0.25, 0.3) is 5.91 Å². The van der Waals surface area contributed by atoms with Crippen LogP contribution in [0.1, 0.15) is 51.0 Å². The molecule has 0 spiro atoms. The molecule has 1 unspecified atom stereocenters. The van der Waals surface area contributed by atoms with Gasteiger partial charge in [-0.15, -0.1) is 0 Å². The summed E-state index contributed by atoms with van der Waals surface area (Å²) in [5.74, 6) is 2.01. The number of rotatable bonds is 4. The molecule has 2 amide bonds. The number of aryl methyl sites for hydroxylation is 3. The highest BCUT2D eigenvalue weighted by atomic mass is 16.5. The molecule has 1 aromatic heterocycles. The maximum absolute atomic E-state index is 12.8. The highest BCUT2D eigenvalue weighted by molar-refractivity contribution is 5.95. The van der Waals surface area contributed by atoms with E-state index in [-0.39, 0.29) is 17.9 Å². The van der Waals surface area contributed by atoms with E-state index < -0.39 is 0 Å². The average Bonchev–Trinajstić information content (AvgIpc) is 2.78. The van der Waals surface area contributed by atoms with Gasteiger partial charge in [-0.05, 0) is 81.0 Å². The van der Waals surface area contributed by atoms with E-state index in [2.05, 4.69) is 33.8 Å². The van der Waals surface area contributed by atoms with Gasteiger partial charge in [0.2, 0.25) is 5.91 Å². The average molecular weight is 442 g/mol. The zero-order valence-corrected chi connectivity index (χ0v) is 18.9. The van der Waals surface area contributed by atoms with Crippen LogP contribution in [0, 0.1) is 13.8 Å². The Labute approximate surface area is 193 Å². The molecule has 6 heteroatoms. The lowest BCUT2D eigenvalue weighted by molar-refractivity contribution is -0.116. The van der Waals surface area contributed by atoms with Crippen LogP contribution in [0.5, 0.6) is 11.5 Å². The third kappa shape index (κ3) is 4.60. The van der Waals surface area contributed by atoms with Crippen molar-refractivity contribution in [2.75, 3.05) is 5.32 Å². The van der Waals surface area contributed by atoms with Gasteiger partial charge >= 0.3 is 0 Å². The molecule has 1 atom stereocenters. The van der Waals surface area contributed by atoms with Gasteiger partial charge in [0, 0.05) is 29.8 Å². The minimum atomic E-state index is -0.0203. The number of pyridine rings is 1. The van der Waals surface area contributed by atoms with Crippen molar-refractivity contribution in [2.24, 2.45) is 0 Å². The van der Waals surface area contributed by atoms with Gasteiger partial charge in [-0.1, -0.05) is 23.3 Å². The van der Waals surface area contributed by atoms with Crippen molar-refractivity contribution < 1.29 is 14.3 Å². The van der Waals surface area contributed by atoms with Gasteiger partial charge in [-0.25, -0.2) is 4.98 Å². The Bertz CT molecular complexity index is 1230. The fourth-order valence-corrected chi connectivity index (χ4v) is 4.77. The lowest BCUT2D eigenvalue weighted by atomic mass is 9.88. The number of amides is 2. The first-order chi connectivity index (χ1) is 15.9. The van der Waals surface area contributed by atoms with Crippen LogP contribution in [0.4, 0.5) is 5.82 Å². The molecule has 0 bridgehead atoms. The number of carbonyl (C=O) groups excluding carboxylic acids is 2. The number of nitrogens with zero attached hydrogens (tertiary/aromatic N) is 1. The molecule has 2 heterocycles. The Morgan fingerprint density at radius 2 is 1.85 bits per heavy atom. The lowest BCUT2D eigenvalue weighted by Crippen LogP contribution is -2.38. The van der Waals surface area contributed by atoms with E-state index in [9.17, 15) is 9.59 Å². The van der Waals surface area contributed by atoms with Gasteiger partial charge in [0.1, 0.15) is 17.3 Å². The Balaban J connectivity index is 1.31. The zero-order valence-electron chi connectivity index (χ0n) is 18.9. The van der Waals surface area contributed by atoms with E-state index in [1.807, 2.05) is 38.1 Å². The Hall–Kier alpha value is -3.67. The van der Waals surface area contributed by atoms with Gasteiger partial charge in [0.15, 0.2) is 0 Å². The summed E-state index contributed by atoms with van der Waals surface area (Å²) in [4.78, 5) is 28.8. The highest BCUT2D eigenvalue weighted by Gasteiger charge is 2.23. The van der Waals surface area contributed by atoms with Crippen LogP contribution in [0.3, 0.4) is 0 Å². The molecule has 2 aliphatic rings. The molecule has 2 N–H and O–H groups in total. The maximum Gasteiger partial charge on any atom is 0.251 e. The van der Waals surface area contributed by atoms with Crippen LogP contribution < -0.4 is 15.4 Å². The third-order valence-electron chi connectivity index (χ3n) is 6.33. The number of carbonyl (C=O) groups is 2. The molecule has 2 aromatic carbocycles. The first-order valence-electron chi connectivity index (χ1n) is 11.4. The molecule has 6 nitrogen and oxygen atoms in total. The van der Waals surface area contributed by atoms with Crippen LogP contribution in [-0.4, -0.2) is 22.8 Å². The summed E-state index contributed by atoms with van der Waals surface area (Å²) in [7, 11) is 0. The number of fused-ring (bicyclic) bond motifs is 2. The van der Waals surface area contributed by atoms with Crippen LogP contribution >= 0.6 is 0 Å². The van der Waals surface area contributed by atoms with Crippen molar-refractivity contribution in [1.82, 2.24) is 10.3 Å². The van der Waals surface area contributed by atoms with E-state index >= 15 is 0 Å². The predicted molar refractivity (Wildman–Crippen MR) is 127 cm³/mol. The second-order valence-corrected chi connectivity index (χ2v) is 9.01. The molecule has 168 valence electrons. The van der Waals surface area contributed by atoms with E-state index in [1.165, 1.54) is 11.1 Å². The summed E-state index contributed by atoms with van der Waals surface area (Å²) < 4.78 is 6.21. The fourth-order valence-electron chi connectivity index (χ4n) is 4.77. The molecule has 1 aliphatic heterocycles. The van der Waals surface area contributed by atoms with Crippen molar-refractivity contribution >= 4 is 17.6 Å². The first kappa shape index (κ1) is 21.2. The second-order valence-electron chi connectivity index (χ2n) is 9.01. The molecular formula is C27H27N3O3. The quantitative estimate of drug-likeness (QED) is 0.617. The molecule has 0 saturated heterocycles. The molecular weight excluding hydrogens is 414 g/mol. The molecule has 3 aromatic rings. The van der Waals surface area contributed by atoms with Crippen LogP contribution in [0.2, 0.25) is 0 Å². The Morgan fingerprint density at radius 3 is 2.67 bits per heavy atom. The summed E-state index contributed by atoms with van der Waals surface area (Å²) in [5, 5.41) is 6.03. The minimum absolute atomic E-state index is 0.0187. The zero-order chi connectivity index (χ0) is 22.9. The van der Waals surface area contributed by atoms with Gasteiger partial charge in [-0.3, -0.25) is 9.59 Å². The number of anilines is 1. The second kappa shape index (κ2) is 8.70. The standard InChI is InChI=1S/C27H27N3O3/c1-16-11-17(2)13-20(12-16)27(32)29-21-5-3-18-4-6-22(15-19(18)14-21)33-24-9-10-28-26-23(24)7-8-25(31)30-26/h4,6,9-13,15,21H,3,5,7-8,14H2,1-2H3,(H,29,32)(H,28,30,31). The number of nitrogens with one attached hydrogen (secondary N) is 2. The van der Waals surface area contributed by atoms with Gasteiger partial charge < -0.3 is 15.4 Å². The van der Waals surface area contributed by atoms with Crippen molar-refractivity contribution in [3.63, 3.8) is 0 Å². The van der Waals surface area contributed by atoms with Crippen molar-refractivity contribution in [3.8, 4) is 11.5 Å². The number of benzene rings is 2. The van der Waals surface area contributed by atoms with Crippen molar-refractivity contribution in [2.45, 2.75) is 52.0 Å². The summed E-state index contributed by atoms with van der Waals surface area (Å²) in [6.45, 7) is 4.02. The van der Waals surface area contributed by atoms with E-state index in [1.54, 1.807) is 6.20 Å². The number of ether oxygens (including phenoxy) is 1. The van der Waals surface area contributed by atoms with Crippen molar-refractivity contribution in [3.05, 3.63) is 82.0 Å². The fraction of sp³-hybridized carbons (Fsp3) is 0.296. The molecule has 0 radical (unpaired) electrons. The van der Waals surface area contributed by atoms with Crippen molar-refractivity contribution in [1.29, 1.82) is 0 Å². The van der Waals surface area contributed by atoms with Gasteiger partial charge in [-0.2, -0.15) is 0 Å². The first-order valence-corrected chi connectivity index (χ1v) is 11.4. The number of hydrogen-bond acceptors (Lipinski definition) is 4. The van der Waals surface area contributed by atoms with Crippen LogP contribution in [0.15, 0.2) is 48.7 Å². The predicted octanol–water partition coefficient (Wildman–Crippen LogP) is 4.66. The van der Waals surface area contributed by atoms with E-state index in [0.717, 1.165) is 47.5 Å². The van der Waals surface area contributed by atoms with Crippen LogP contribution in [-0.2, 0) is 24.1 Å². The maximum atomic E-state index is 12.8. The normalized spacial score (nSPS) is 16.9. The summed E-state index contributed by atoms with van der Waals surface area (Å²) in [6.07, 6.45) is 5.30. The van der Waals surface area contributed by atoms with E-state index in [0.29, 0.717) is 24.2 Å². The molecule has 1 aliphatic carbocycles. The summed E-state index contributed by atoms with van der Waals surface area (Å²) >= 11 is 0. The molecule has 33 heavy (non-hydrogen) atoms.